The summed E-state index contributed by atoms with van der Waals surface area (Å²) in [5, 5.41) is 1.07. The molecule has 0 N–H and O–H groups in total. The van der Waals surface area contributed by atoms with E-state index in [4.69, 9.17) is 13.9 Å². The summed E-state index contributed by atoms with van der Waals surface area (Å²) in [7, 11) is 0. The molecule has 0 bridgehead atoms. The molecule has 0 aliphatic rings. The van der Waals surface area contributed by atoms with Crippen molar-refractivity contribution in [1.29, 1.82) is 0 Å². The molecule has 1 aromatic carbocycles. The molecule has 3 aromatic rings. The summed E-state index contributed by atoms with van der Waals surface area (Å²) in [4.78, 5) is 18.3. The van der Waals surface area contributed by atoms with Crippen LogP contribution in [0, 0.1) is 0 Å². The van der Waals surface area contributed by atoms with Crippen molar-refractivity contribution < 1.29 is 18.7 Å². The lowest BCUT2D eigenvalue weighted by molar-refractivity contribution is 0.0208. The van der Waals surface area contributed by atoms with Crippen molar-refractivity contribution in [2.24, 2.45) is 0 Å². The van der Waals surface area contributed by atoms with Gasteiger partial charge in [0.25, 0.3) is 0 Å². The van der Waals surface area contributed by atoms with E-state index in [1.807, 2.05) is 51.1 Å². The lowest BCUT2D eigenvalue weighted by Gasteiger charge is -2.27. The van der Waals surface area contributed by atoms with Crippen molar-refractivity contribution >= 4 is 17.1 Å². The zero-order valence-corrected chi connectivity index (χ0v) is 17.3. The summed E-state index contributed by atoms with van der Waals surface area (Å²) in [6, 6.07) is 11.8. The van der Waals surface area contributed by atoms with Crippen molar-refractivity contribution in [3.63, 3.8) is 0 Å². The highest BCUT2D eigenvalue weighted by atomic mass is 16.6. The van der Waals surface area contributed by atoms with E-state index in [1.54, 1.807) is 23.6 Å². The third-order valence-electron chi connectivity index (χ3n) is 4.28. The summed E-state index contributed by atoms with van der Waals surface area (Å²) in [5.74, 6) is 0. The highest BCUT2D eigenvalue weighted by molar-refractivity contribution is 5.77. The number of hydrogen-bond donors (Lipinski definition) is 0. The minimum absolute atomic E-state index is 0.320. The molecule has 0 saturated heterocycles. The first-order chi connectivity index (χ1) is 13.9. The largest absolute Gasteiger partial charge is 0.464 e. The molecule has 0 fully saturated rings. The first kappa shape index (κ1) is 20.9. The maximum absolute atomic E-state index is 12.6. The monoisotopic (exact) mass is 396 g/mol. The van der Waals surface area contributed by atoms with E-state index in [2.05, 4.69) is 11.1 Å². The number of carbonyl (C=O) groups excluding carboxylic acids is 1. The second kappa shape index (κ2) is 9.56. The van der Waals surface area contributed by atoms with Gasteiger partial charge >= 0.3 is 6.09 Å². The van der Waals surface area contributed by atoms with Crippen molar-refractivity contribution in [3.05, 3.63) is 66.2 Å². The Bertz CT molecular complexity index is 915. The van der Waals surface area contributed by atoms with Gasteiger partial charge in [-0.05, 0) is 68.7 Å². The Labute approximate surface area is 171 Å². The fourth-order valence-electron chi connectivity index (χ4n) is 2.92. The Kier molecular flexibility index (Phi) is 6.88. The molecule has 0 aliphatic heterocycles. The average Bonchev–Trinajstić information content (AvgIpc) is 3.14. The molecule has 2 heterocycles. The van der Waals surface area contributed by atoms with Crippen LogP contribution < -0.4 is 0 Å². The molecule has 0 unspecified atom stereocenters. The summed E-state index contributed by atoms with van der Waals surface area (Å²) < 4.78 is 16.7. The number of pyridine rings is 1. The number of furan rings is 1. The van der Waals surface area contributed by atoms with E-state index in [0.717, 1.165) is 28.5 Å². The van der Waals surface area contributed by atoms with Crippen molar-refractivity contribution in [2.75, 3.05) is 13.2 Å². The van der Waals surface area contributed by atoms with Crippen LogP contribution in [0.25, 0.3) is 11.0 Å². The van der Waals surface area contributed by atoms with Crippen LogP contribution >= 0.6 is 0 Å². The van der Waals surface area contributed by atoms with Gasteiger partial charge in [0.2, 0.25) is 0 Å². The van der Waals surface area contributed by atoms with E-state index in [1.165, 1.54) is 0 Å². The van der Waals surface area contributed by atoms with Crippen LogP contribution in [0.5, 0.6) is 0 Å². The van der Waals surface area contributed by atoms with Gasteiger partial charge in [-0.2, -0.15) is 0 Å². The quantitative estimate of drug-likeness (QED) is 0.491. The molecule has 3 rings (SSSR count). The Balaban J connectivity index is 1.49. The summed E-state index contributed by atoms with van der Waals surface area (Å²) in [6.07, 6.45) is 5.53. The zero-order valence-electron chi connectivity index (χ0n) is 17.3. The number of nitrogens with zero attached hydrogens (tertiary/aromatic N) is 2. The topological polar surface area (TPSA) is 64.8 Å². The lowest BCUT2D eigenvalue weighted by Crippen LogP contribution is -2.37. The first-order valence-electron chi connectivity index (χ1n) is 9.81. The van der Waals surface area contributed by atoms with Gasteiger partial charge in [-0.3, -0.25) is 4.98 Å². The van der Waals surface area contributed by atoms with Gasteiger partial charge in [0.1, 0.15) is 11.2 Å². The van der Waals surface area contributed by atoms with Crippen LogP contribution in [-0.4, -0.2) is 34.7 Å². The van der Waals surface area contributed by atoms with Gasteiger partial charge < -0.3 is 18.8 Å². The highest BCUT2D eigenvalue weighted by Gasteiger charge is 2.22. The molecule has 6 nitrogen and oxygen atoms in total. The van der Waals surface area contributed by atoms with E-state index in [0.29, 0.717) is 26.3 Å². The number of hydrogen-bond acceptors (Lipinski definition) is 5. The molecule has 1 amide bonds. The SMILES string of the molecule is CC(C)(C)OC(=O)N(CCCOCc1ccc2occc2c1)Cc1ccncc1. The Morgan fingerprint density at radius 1 is 1.10 bits per heavy atom. The number of benzene rings is 1. The highest BCUT2D eigenvalue weighted by Crippen LogP contribution is 2.18. The Morgan fingerprint density at radius 3 is 2.66 bits per heavy atom. The van der Waals surface area contributed by atoms with Crippen LogP contribution in [0.3, 0.4) is 0 Å². The van der Waals surface area contributed by atoms with Crippen LogP contribution in [0.4, 0.5) is 4.79 Å². The van der Waals surface area contributed by atoms with E-state index >= 15 is 0 Å². The third kappa shape index (κ3) is 6.61. The second-order valence-corrected chi connectivity index (χ2v) is 7.96. The molecule has 0 radical (unpaired) electrons. The number of aromatic nitrogens is 1. The molecular formula is C23H28N2O4. The van der Waals surface area contributed by atoms with Gasteiger partial charge in [-0.15, -0.1) is 0 Å². The molecule has 0 aliphatic carbocycles. The molecular weight excluding hydrogens is 368 g/mol. The van der Waals surface area contributed by atoms with Crippen molar-refractivity contribution in [2.45, 2.75) is 45.9 Å². The molecule has 0 spiro atoms. The number of rotatable bonds is 8. The summed E-state index contributed by atoms with van der Waals surface area (Å²) >= 11 is 0. The average molecular weight is 396 g/mol. The summed E-state index contributed by atoms with van der Waals surface area (Å²) in [6.45, 7) is 7.73. The van der Waals surface area contributed by atoms with Gasteiger partial charge in [-0.25, -0.2) is 4.79 Å². The van der Waals surface area contributed by atoms with Crippen LogP contribution in [0.15, 0.2) is 59.5 Å². The molecule has 0 atom stereocenters. The fourth-order valence-corrected chi connectivity index (χ4v) is 2.92. The lowest BCUT2D eigenvalue weighted by atomic mass is 10.2. The maximum atomic E-state index is 12.6. The van der Waals surface area contributed by atoms with E-state index in [9.17, 15) is 4.79 Å². The predicted molar refractivity (Wildman–Crippen MR) is 111 cm³/mol. The molecule has 154 valence electrons. The minimum Gasteiger partial charge on any atom is -0.464 e. The normalized spacial score (nSPS) is 11.6. The fraction of sp³-hybridized carbons (Fsp3) is 0.391. The van der Waals surface area contributed by atoms with Crippen molar-refractivity contribution in [3.8, 4) is 0 Å². The van der Waals surface area contributed by atoms with Crippen LogP contribution in [0.2, 0.25) is 0 Å². The van der Waals surface area contributed by atoms with Gasteiger partial charge in [-0.1, -0.05) is 6.07 Å². The molecule has 29 heavy (non-hydrogen) atoms. The third-order valence-corrected chi connectivity index (χ3v) is 4.28. The van der Waals surface area contributed by atoms with E-state index < -0.39 is 5.60 Å². The number of fused-ring (bicyclic) bond motifs is 1. The zero-order chi connectivity index (χ0) is 20.7. The van der Waals surface area contributed by atoms with Crippen LogP contribution in [0.1, 0.15) is 38.3 Å². The second-order valence-electron chi connectivity index (χ2n) is 7.96. The first-order valence-corrected chi connectivity index (χ1v) is 9.81. The molecule has 0 saturated carbocycles. The maximum Gasteiger partial charge on any atom is 0.410 e. The smallest absolute Gasteiger partial charge is 0.410 e. The standard InChI is InChI=1S/C23H28N2O4/c1-23(2,3)29-22(26)25(16-18-7-10-24-11-8-18)12-4-13-27-17-19-5-6-21-20(15-19)9-14-28-21/h5-11,14-15H,4,12-13,16-17H2,1-3H3. The van der Waals surface area contributed by atoms with Gasteiger partial charge in [0, 0.05) is 37.5 Å². The van der Waals surface area contributed by atoms with Gasteiger partial charge in [0.05, 0.1) is 12.9 Å². The Hall–Kier alpha value is -2.86. The minimum atomic E-state index is -0.532. The number of carbonyl (C=O) groups is 1. The molecule has 2 aromatic heterocycles. The predicted octanol–water partition coefficient (Wildman–Crippen LogP) is 5.17. The van der Waals surface area contributed by atoms with Gasteiger partial charge in [0.15, 0.2) is 0 Å². The Morgan fingerprint density at radius 2 is 1.90 bits per heavy atom. The summed E-state index contributed by atoms with van der Waals surface area (Å²) in [5.41, 5.74) is 2.45. The van der Waals surface area contributed by atoms with Crippen LogP contribution in [-0.2, 0) is 22.6 Å². The van der Waals surface area contributed by atoms with E-state index in [-0.39, 0.29) is 6.09 Å². The number of ether oxygens (including phenoxy) is 2. The molecule has 6 heteroatoms. The van der Waals surface area contributed by atoms with Crippen molar-refractivity contribution in [1.82, 2.24) is 9.88 Å². The number of amides is 1.